The van der Waals surface area contributed by atoms with Crippen molar-refractivity contribution in [2.24, 2.45) is 5.41 Å². The summed E-state index contributed by atoms with van der Waals surface area (Å²) in [6, 6.07) is 1.41. The van der Waals surface area contributed by atoms with Gasteiger partial charge in [0.2, 0.25) is 0 Å². The van der Waals surface area contributed by atoms with Crippen LogP contribution in [0.5, 0.6) is 0 Å². The molecule has 0 saturated heterocycles. The van der Waals surface area contributed by atoms with E-state index >= 15 is 0 Å². The Balaban J connectivity index is 2.44. The lowest BCUT2D eigenvalue weighted by molar-refractivity contribution is 0.110. The summed E-state index contributed by atoms with van der Waals surface area (Å²) in [5.74, 6) is 0. The second-order valence-electron chi connectivity index (χ2n) is 6.47. The minimum Gasteiger partial charge on any atom is -0.314 e. The maximum Gasteiger partial charge on any atom is 0.0102 e. The van der Waals surface area contributed by atoms with Crippen LogP contribution in [0.25, 0.3) is 0 Å². The van der Waals surface area contributed by atoms with Gasteiger partial charge in [-0.05, 0) is 38.8 Å². The van der Waals surface area contributed by atoms with Crippen molar-refractivity contribution in [3.63, 3.8) is 0 Å². The summed E-state index contributed by atoms with van der Waals surface area (Å²) >= 11 is 0. The van der Waals surface area contributed by atoms with E-state index < -0.39 is 0 Å². The minimum atomic E-state index is 0.349. The molecule has 2 heteroatoms. The van der Waals surface area contributed by atoms with Crippen LogP contribution in [0.4, 0.5) is 0 Å². The van der Waals surface area contributed by atoms with Crippen molar-refractivity contribution in [3.8, 4) is 0 Å². The third kappa shape index (κ3) is 4.59. The Bertz CT molecular complexity index is 207. The summed E-state index contributed by atoms with van der Waals surface area (Å²) in [5, 5.41) is 3.57. The van der Waals surface area contributed by atoms with Crippen molar-refractivity contribution in [3.05, 3.63) is 0 Å². The molecule has 0 aromatic carbocycles. The Morgan fingerprint density at radius 2 is 1.82 bits per heavy atom. The zero-order valence-electron chi connectivity index (χ0n) is 12.6. The minimum absolute atomic E-state index is 0.349. The summed E-state index contributed by atoms with van der Waals surface area (Å²) in [4.78, 5) is 2.60. The second-order valence-corrected chi connectivity index (χ2v) is 6.47. The van der Waals surface area contributed by atoms with E-state index in [1.165, 1.54) is 38.6 Å². The van der Waals surface area contributed by atoms with Gasteiger partial charge in [-0.3, -0.25) is 0 Å². The Morgan fingerprint density at radius 3 is 2.35 bits per heavy atom. The van der Waals surface area contributed by atoms with E-state index in [1.807, 2.05) is 0 Å². The molecule has 0 spiro atoms. The first-order chi connectivity index (χ1) is 7.97. The highest BCUT2D eigenvalue weighted by molar-refractivity contribution is 4.85. The van der Waals surface area contributed by atoms with Crippen molar-refractivity contribution in [1.29, 1.82) is 0 Å². The van der Waals surface area contributed by atoms with E-state index in [-0.39, 0.29) is 0 Å². The van der Waals surface area contributed by atoms with Crippen molar-refractivity contribution < 1.29 is 0 Å². The van der Waals surface area contributed by atoms with E-state index in [4.69, 9.17) is 0 Å². The summed E-state index contributed by atoms with van der Waals surface area (Å²) in [6.45, 7) is 11.6. The standard InChI is InChI=1S/C15H32N2/c1-6-16-13(2)15(3,4)12-17(5)14-10-8-7-9-11-14/h13-14,16H,6-12H2,1-5H3. The maximum atomic E-state index is 3.57. The number of nitrogens with one attached hydrogen (secondary N) is 1. The second kappa shape index (κ2) is 6.75. The van der Waals surface area contributed by atoms with Gasteiger partial charge < -0.3 is 10.2 Å². The molecule has 0 aliphatic heterocycles. The predicted octanol–water partition coefficient (Wildman–Crippen LogP) is 3.28. The predicted molar refractivity (Wildman–Crippen MR) is 76.4 cm³/mol. The molecule has 0 amide bonds. The third-order valence-electron chi connectivity index (χ3n) is 4.54. The molecule has 102 valence electrons. The molecule has 0 aromatic rings. The fourth-order valence-corrected chi connectivity index (χ4v) is 3.01. The van der Waals surface area contributed by atoms with Crippen molar-refractivity contribution >= 4 is 0 Å². The Morgan fingerprint density at radius 1 is 1.24 bits per heavy atom. The van der Waals surface area contributed by atoms with Crippen LogP contribution in [0, 0.1) is 5.41 Å². The Labute approximate surface area is 108 Å². The highest BCUT2D eigenvalue weighted by Gasteiger charge is 2.29. The summed E-state index contributed by atoms with van der Waals surface area (Å²) in [6.07, 6.45) is 7.11. The van der Waals surface area contributed by atoms with Crippen LogP contribution in [0.3, 0.4) is 0 Å². The zero-order valence-corrected chi connectivity index (χ0v) is 12.6. The summed E-state index contributed by atoms with van der Waals surface area (Å²) in [5.41, 5.74) is 0.349. The van der Waals surface area contributed by atoms with Crippen LogP contribution in [0.15, 0.2) is 0 Å². The van der Waals surface area contributed by atoms with Gasteiger partial charge in [0.1, 0.15) is 0 Å². The van der Waals surface area contributed by atoms with Gasteiger partial charge in [0.15, 0.2) is 0 Å². The van der Waals surface area contributed by atoms with Gasteiger partial charge >= 0.3 is 0 Å². The smallest absolute Gasteiger partial charge is 0.0102 e. The lowest BCUT2D eigenvalue weighted by atomic mass is 9.83. The first kappa shape index (κ1) is 15.0. The van der Waals surface area contributed by atoms with Crippen LogP contribution in [0.1, 0.15) is 59.8 Å². The first-order valence-corrected chi connectivity index (χ1v) is 7.41. The molecule has 0 aromatic heterocycles. The van der Waals surface area contributed by atoms with E-state index in [0.717, 1.165) is 12.6 Å². The molecule has 0 bridgehead atoms. The molecule has 1 rings (SSSR count). The Kier molecular flexibility index (Phi) is 5.94. The largest absolute Gasteiger partial charge is 0.314 e. The van der Waals surface area contributed by atoms with Gasteiger partial charge in [0, 0.05) is 18.6 Å². The number of hydrogen-bond donors (Lipinski definition) is 1. The fraction of sp³-hybridized carbons (Fsp3) is 1.00. The fourth-order valence-electron chi connectivity index (χ4n) is 3.01. The van der Waals surface area contributed by atoms with Gasteiger partial charge in [0.25, 0.3) is 0 Å². The van der Waals surface area contributed by atoms with Crippen LogP contribution in [0.2, 0.25) is 0 Å². The third-order valence-corrected chi connectivity index (χ3v) is 4.54. The van der Waals surface area contributed by atoms with Gasteiger partial charge in [-0.2, -0.15) is 0 Å². The molecule has 1 saturated carbocycles. The molecule has 1 unspecified atom stereocenters. The van der Waals surface area contributed by atoms with Gasteiger partial charge in [0.05, 0.1) is 0 Å². The van der Waals surface area contributed by atoms with Gasteiger partial charge in [-0.25, -0.2) is 0 Å². The topological polar surface area (TPSA) is 15.3 Å². The molecular weight excluding hydrogens is 208 g/mol. The highest BCUT2D eigenvalue weighted by Crippen LogP contribution is 2.27. The molecular formula is C15H32N2. The average Bonchev–Trinajstić information content (AvgIpc) is 2.30. The number of rotatable bonds is 6. The number of hydrogen-bond acceptors (Lipinski definition) is 2. The van der Waals surface area contributed by atoms with Crippen molar-refractivity contribution in [2.75, 3.05) is 20.1 Å². The molecule has 2 nitrogen and oxygen atoms in total. The van der Waals surface area contributed by atoms with E-state index in [2.05, 4.69) is 45.0 Å². The molecule has 1 fully saturated rings. The quantitative estimate of drug-likeness (QED) is 0.766. The number of nitrogens with zero attached hydrogens (tertiary/aromatic N) is 1. The van der Waals surface area contributed by atoms with Crippen LogP contribution >= 0.6 is 0 Å². The monoisotopic (exact) mass is 240 g/mol. The first-order valence-electron chi connectivity index (χ1n) is 7.41. The molecule has 0 radical (unpaired) electrons. The van der Waals surface area contributed by atoms with Gasteiger partial charge in [-0.1, -0.05) is 40.0 Å². The SMILES string of the molecule is CCNC(C)C(C)(C)CN(C)C1CCCCC1. The van der Waals surface area contributed by atoms with Crippen molar-refractivity contribution in [2.45, 2.75) is 71.9 Å². The maximum absolute atomic E-state index is 3.57. The molecule has 1 N–H and O–H groups in total. The summed E-state index contributed by atoms with van der Waals surface area (Å²) in [7, 11) is 2.32. The molecule has 1 atom stereocenters. The normalized spacial score (nSPS) is 20.8. The lowest BCUT2D eigenvalue weighted by Gasteiger charge is -2.40. The molecule has 17 heavy (non-hydrogen) atoms. The van der Waals surface area contributed by atoms with Gasteiger partial charge in [-0.15, -0.1) is 0 Å². The van der Waals surface area contributed by atoms with Crippen molar-refractivity contribution in [1.82, 2.24) is 10.2 Å². The zero-order chi connectivity index (χ0) is 12.9. The lowest BCUT2D eigenvalue weighted by Crippen LogP contribution is -2.48. The average molecular weight is 240 g/mol. The van der Waals surface area contributed by atoms with Crippen LogP contribution in [-0.4, -0.2) is 37.1 Å². The molecule has 0 heterocycles. The summed E-state index contributed by atoms with van der Waals surface area (Å²) < 4.78 is 0. The van der Waals surface area contributed by atoms with Crippen LogP contribution in [-0.2, 0) is 0 Å². The Hall–Kier alpha value is -0.0800. The van der Waals surface area contributed by atoms with Crippen LogP contribution < -0.4 is 5.32 Å². The van der Waals surface area contributed by atoms with E-state index in [9.17, 15) is 0 Å². The molecule has 1 aliphatic carbocycles. The van der Waals surface area contributed by atoms with E-state index in [1.54, 1.807) is 0 Å². The highest BCUT2D eigenvalue weighted by atomic mass is 15.1. The molecule has 1 aliphatic rings. The van der Waals surface area contributed by atoms with E-state index in [0.29, 0.717) is 11.5 Å².